The maximum Gasteiger partial charge on any atom is 0.132 e. The van der Waals surface area contributed by atoms with Crippen molar-refractivity contribution in [1.29, 1.82) is 0 Å². The lowest BCUT2D eigenvalue weighted by molar-refractivity contribution is 0.0665. The second-order valence-electron chi connectivity index (χ2n) is 6.65. The summed E-state index contributed by atoms with van der Waals surface area (Å²) in [4.78, 5) is 0. The lowest BCUT2D eigenvalue weighted by atomic mass is 9.65. The van der Waals surface area contributed by atoms with Crippen molar-refractivity contribution in [3.8, 4) is 0 Å². The Morgan fingerprint density at radius 2 is 0.750 bits per heavy atom. The van der Waals surface area contributed by atoms with Crippen molar-refractivity contribution in [2.24, 2.45) is 0 Å². The Balaban J connectivity index is 2.28. The van der Waals surface area contributed by atoms with E-state index in [0.717, 1.165) is 33.4 Å². The molecule has 2 aromatic carbocycles. The van der Waals surface area contributed by atoms with E-state index in [1.165, 1.54) is 0 Å². The second kappa shape index (κ2) is 5.73. The molecule has 0 fully saturated rings. The van der Waals surface area contributed by atoms with E-state index in [-0.39, 0.29) is 0 Å². The Labute approximate surface area is 143 Å². The first kappa shape index (κ1) is 16.7. The average Bonchev–Trinajstić information content (AvgIpc) is 2.64. The lowest BCUT2D eigenvalue weighted by Gasteiger charge is -2.45. The van der Waals surface area contributed by atoms with Gasteiger partial charge in [-0.1, -0.05) is 60.7 Å². The topological polar surface area (TPSA) is 40.5 Å². The normalized spacial score (nSPS) is 27.6. The van der Waals surface area contributed by atoms with Gasteiger partial charge in [0.1, 0.15) is 11.2 Å². The highest BCUT2D eigenvalue weighted by Crippen LogP contribution is 2.51. The van der Waals surface area contributed by atoms with E-state index in [2.05, 4.69) is 0 Å². The van der Waals surface area contributed by atoms with Crippen LogP contribution in [-0.2, 0) is 11.2 Å². The smallest absolute Gasteiger partial charge is 0.132 e. The van der Waals surface area contributed by atoms with Gasteiger partial charge in [0, 0.05) is 0 Å². The van der Waals surface area contributed by atoms with Gasteiger partial charge in [-0.2, -0.15) is 0 Å². The van der Waals surface area contributed by atoms with Gasteiger partial charge in [0.2, 0.25) is 0 Å². The maximum atomic E-state index is 11.6. The summed E-state index contributed by atoms with van der Waals surface area (Å²) in [7, 11) is 0. The van der Waals surface area contributed by atoms with E-state index >= 15 is 0 Å². The fraction of sp³-hybridized carbons (Fsp3) is 0.273. The summed E-state index contributed by atoms with van der Waals surface area (Å²) in [6, 6.07) is 19.3. The summed E-state index contributed by atoms with van der Waals surface area (Å²) in [5.41, 5.74) is 2.41. The average molecular weight is 320 g/mol. The van der Waals surface area contributed by atoms with Gasteiger partial charge in [-0.25, -0.2) is 0 Å². The molecule has 0 aromatic heterocycles. The highest BCUT2D eigenvalue weighted by atomic mass is 16.3. The summed E-state index contributed by atoms with van der Waals surface area (Å²) in [6.07, 6.45) is 0. The molecule has 2 nitrogen and oxygen atoms in total. The third kappa shape index (κ3) is 2.10. The van der Waals surface area contributed by atoms with Crippen LogP contribution in [0.4, 0.5) is 0 Å². The van der Waals surface area contributed by atoms with E-state index < -0.39 is 11.2 Å². The molecule has 0 radical (unpaired) electrons. The maximum absolute atomic E-state index is 11.6. The van der Waals surface area contributed by atoms with Gasteiger partial charge in [-0.15, -0.1) is 0 Å². The Morgan fingerprint density at radius 1 is 0.500 bits per heavy atom. The van der Waals surface area contributed by atoms with Gasteiger partial charge in [-0.3, -0.25) is 0 Å². The first-order chi connectivity index (χ1) is 11.3. The molecule has 2 heteroatoms. The summed E-state index contributed by atoms with van der Waals surface area (Å²) in [5.74, 6) is 0. The van der Waals surface area contributed by atoms with Crippen LogP contribution in [0.15, 0.2) is 83.0 Å². The van der Waals surface area contributed by atoms with Crippen LogP contribution in [0.2, 0.25) is 0 Å². The van der Waals surface area contributed by atoms with Gasteiger partial charge in [-0.05, 0) is 61.1 Å². The predicted molar refractivity (Wildman–Crippen MR) is 97.4 cm³/mol. The Bertz CT molecular complexity index is 718. The SMILES string of the molecule is CC1=C(C)C(O)(c2ccccc2)C(C)=C(C)C1(O)c1ccccc1. The molecule has 1 aliphatic carbocycles. The third-order valence-electron chi connectivity index (χ3n) is 5.68. The standard InChI is InChI=1S/C22H24O2/c1-15-16(2)22(24,20-13-9-6-10-14-20)18(4)17(3)21(15,23)19-11-7-5-8-12-19/h5-14,23-24H,1-4H3. The van der Waals surface area contributed by atoms with Crippen LogP contribution in [0.25, 0.3) is 0 Å². The molecule has 124 valence electrons. The molecule has 2 aromatic rings. The zero-order valence-electron chi connectivity index (χ0n) is 14.7. The van der Waals surface area contributed by atoms with Crippen LogP contribution < -0.4 is 0 Å². The molecular weight excluding hydrogens is 296 g/mol. The first-order valence-electron chi connectivity index (χ1n) is 8.27. The van der Waals surface area contributed by atoms with Gasteiger partial charge in [0.15, 0.2) is 0 Å². The number of hydrogen-bond acceptors (Lipinski definition) is 2. The van der Waals surface area contributed by atoms with E-state index in [4.69, 9.17) is 0 Å². The van der Waals surface area contributed by atoms with Crippen molar-refractivity contribution < 1.29 is 10.2 Å². The molecule has 0 saturated heterocycles. The number of benzene rings is 2. The fourth-order valence-electron chi connectivity index (χ4n) is 3.87. The molecule has 0 amide bonds. The molecule has 24 heavy (non-hydrogen) atoms. The van der Waals surface area contributed by atoms with Gasteiger partial charge < -0.3 is 10.2 Å². The van der Waals surface area contributed by atoms with E-state index in [0.29, 0.717) is 0 Å². The van der Waals surface area contributed by atoms with Crippen molar-refractivity contribution in [1.82, 2.24) is 0 Å². The van der Waals surface area contributed by atoms with Crippen LogP contribution in [-0.4, -0.2) is 10.2 Å². The molecule has 3 rings (SSSR count). The Hall–Kier alpha value is -2.16. The molecule has 0 spiro atoms. The quantitative estimate of drug-likeness (QED) is 0.803. The molecule has 0 bridgehead atoms. The van der Waals surface area contributed by atoms with Crippen molar-refractivity contribution in [3.63, 3.8) is 0 Å². The predicted octanol–water partition coefficient (Wildman–Crippen LogP) is 4.45. The van der Waals surface area contributed by atoms with Crippen molar-refractivity contribution in [2.75, 3.05) is 0 Å². The highest BCUT2D eigenvalue weighted by molar-refractivity contribution is 5.56. The van der Waals surface area contributed by atoms with E-state index in [1.54, 1.807) is 0 Å². The van der Waals surface area contributed by atoms with Crippen molar-refractivity contribution in [3.05, 3.63) is 94.1 Å². The highest BCUT2D eigenvalue weighted by Gasteiger charge is 2.47. The van der Waals surface area contributed by atoms with Gasteiger partial charge in [0.25, 0.3) is 0 Å². The summed E-state index contributed by atoms with van der Waals surface area (Å²) < 4.78 is 0. The van der Waals surface area contributed by atoms with E-state index in [1.807, 2.05) is 88.4 Å². The second-order valence-corrected chi connectivity index (χ2v) is 6.65. The van der Waals surface area contributed by atoms with Crippen LogP contribution in [0.3, 0.4) is 0 Å². The van der Waals surface area contributed by atoms with E-state index in [9.17, 15) is 10.2 Å². The number of hydrogen-bond donors (Lipinski definition) is 2. The molecular formula is C22H24O2. The molecule has 0 saturated carbocycles. The number of rotatable bonds is 2. The lowest BCUT2D eigenvalue weighted by Crippen LogP contribution is -2.42. The molecule has 0 atom stereocenters. The zero-order valence-corrected chi connectivity index (χ0v) is 14.7. The van der Waals surface area contributed by atoms with Gasteiger partial charge >= 0.3 is 0 Å². The zero-order chi connectivity index (χ0) is 17.5. The number of aliphatic hydroxyl groups is 2. The largest absolute Gasteiger partial charge is 0.377 e. The molecule has 0 aliphatic heterocycles. The minimum absolute atomic E-state index is 0.781. The molecule has 2 N–H and O–H groups in total. The third-order valence-corrected chi connectivity index (χ3v) is 5.68. The Kier molecular flexibility index (Phi) is 3.98. The summed E-state index contributed by atoms with van der Waals surface area (Å²) in [6.45, 7) is 7.64. The summed E-state index contributed by atoms with van der Waals surface area (Å²) in [5, 5.41) is 23.1. The Morgan fingerprint density at radius 3 is 1.00 bits per heavy atom. The van der Waals surface area contributed by atoms with Crippen LogP contribution >= 0.6 is 0 Å². The monoisotopic (exact) mass is 320 g/mol. The fourth-order valence-corrected chi connectivity index (χ4v) is 3.87. The minimum atomic E-state index is -1.18. The molecule has 1 aliphatic rings. The molecule has 0 heterocycles. The van der Waals surface area contributed by atoms with Crippen molar-refractivity contribution >= 4 is 0 Å². The van der Waals surface area contributed by atoms with Gasteiger partial charge in [0.05, 0.1) is 0 Å². The van der Waals surface area contributed by atoms with Crippen LogP contribution in [0.5, 0.6) is 0 Å². The van der Waals surface area contributed by atoms with Crippen molar-refractivity contribution in [2.45, 2.75) is 38.9 Å². The minimum Gasteiger partial charge on any atom is -0.377 e. The molecule has 0 unspecified atom stereocenters. The van der Waals surface area contributed by atoms with Crippen LogP contribution in [0, 0.1) is 0 Å². The summed E-state index contributed by atoms with van der Waals surface area (Å²) >= 11 is 0. The first-order valence-corrected chi connectivity index (χ1v) is 8.27. The van der Waals surface area contributed by atoms with Crippen LogP contribution in [0.1, 0.15) is 38.8 Å².